The minimum Gasteiger partial charge on any atom is -0.492 e. The third kappa shape index (κ3) is 2.74. The van der Waals surface area contributed by atoms with Crippen LogP contribution in [-0.4, -0.2) is 22.2 Å². The highest BCUT2D eigenvalue weighted by Crippen LogP contribution is 2.27. The number of H-pyrrole nitrogens is 1. The van der Waals surface area contributed by atoms with Crippen molar-refractivity contribution >= 4 is 28.6 Å². The van der Waals surface area contributed by atoms with Crippen molar-refractivity contribution in [3.8, 4) is 11.8 Å². The van der Waals surface area contributed by atoms with Crippen molar-refractivity contribution in [3.05, 3.63) is 75.6 Å². The molecule has 0 radical (unpaired) electrons. The Bertz CT molecular complexity index is 1320. The first-order valence-corrected chi connectivity index (χ1v) is 8.97. The number of ether oxygens (including phenoxy) is 1. The van der Waals surface area contributed by atoms with Gasteiger partial charge in [0.25, 0.3) is 5.56 Å². The Kier molecular flexibility index (Phi) is 4.42. The molecule has 0 saturated carbocycles. The fraction of sp³-hybridized carbons (Fsp3) is 0.136. The van der Waals surface area contributed by atoms with E-state index in [2.05, 4.69) is 16.0 Å². The van der Waals surface area contributed by atoms with E-state index in [4.69, 9.17) is 4.74 Å². The van der Waals surface area contributed by atoms with E-state index in [0.717, 1.165) is 11.0 Å². The average molecular weight is 370 g/mol. The smallest absolute Gasteiger partial charge is 0.265 e. The van der Waals surface area contributed by atoms with Crippen LogP contribution in [0.1, 0.15) is 23.6 Å². The SMILES string of the molecule is CCOc1ccccc1N=Cc1c(C)c(C#N)c2[nH]c3ccccc3n2c1=O. The standard InChI is InChI=1S/C22H18N4O2/c1-3-28-20-11-7-5-9-18(20)24-13-16-14(2)15(12-23)21-25-17-8-4-6-10-19(17)26(21)22(16)27/h4-11,13,25H,3H2,1-2H3. The van der Waals surface area contributed by atoms with E-state index >= 15 is 0 Å². The van der Waals surface area contributed by atoms with Crippen molar-refractivity contribution in [2.24, 2.45) is 4.99 Å². The lowest BCUT2D eigenvalue weighted by atomic mass is 10.1. The Morgan fingerprint density at radius 3 is 2.75 bits per heavy atom. The molecule has 6 nitrogen and oxygen atoms in total. The molecular formula is C22H18N4O2. The second kappa shape index (κ2) is 7.05. The Balaban J connectivity index is 1.97. The maximum absolute atomic E-state index is 13.2. The zero-order valence-corrected chi connectivity index (χ0v) is 15.6. The fourth-order valence-corrected chi connectivity index (χ4v) is 3.32. The normalized spacial score (nSPS) is 11.3. The number of aliphatic imine (C=N–C) groups is 1. The summed E-state index contributed by atoms with van der Waals surface area (Å²) in [5, 5.41) is 9.71. The number of para-hydroxylation sites is 4. The molecule has 2 aromatic carbocycles. The molecule has 138 valence electrons. The molecule has 0 aliphatic carbocycles. The van der Waals surface area contributed by atoms with Gasteiger partial charge in [-0.05, 0) is 43.7 Å². The summed E-state index contributed by atoms with van der Waals surface area (Å²) in [6, 6.07) is 17.1. The van der Waals surface area contributed by atoms with Crippen LogP contribution >= 0.6 is 0 Å². The minimum atomic E-state index is -0.221. The Hall–Kier alpha value is -3.85. The molecule has 28 heavy (non-hydrogen) atoms. The van der Waals surface area contributed by atoms with Crippen molar-refractivity contribution in [1.29, 1.82) is 5.26 Å². The van der Waals surface area contributed by atoms with Crippen LogP contribution in [0.3, 0.4) is 0 Å². The Labute approximate surface area is 161 Å². The van der Waals surface area contributed by atoms with E-state index in [1.165, 1.54) is 10.6 Å². The highest BCUT2D eigenvalue weighted by Gasteiger charge is 2.17. The number of nitrogens with zero attached hydrogens (tertiary/aromatic N) is 3. The first kappa shape index (κ1) is 17.6. The Morgan fingerprint density at radius 1 is 1.21 bits per heavy atom. The van der Waals surface area contributed by atoms with E-state index in [-0.39, 0.29) is 5.56 Å². The van der Waals surface area contributed by atoms with Crippen molar-refractivity contribution < 1.29 is 4.74 Å². The second-order valence-electron chi connectivity index (χ2n) is 6.32. The Morgan fingerprint density at radius 2 is 1.96 bits per heavy atom. The third-order valence-corrected chi connectivity index (χ3v) is 4.68. The molecule has 2 heterocycles. The van der Waals surface area contributed by atoms with Crippen LogP contribution in [0.2, 0.25) is 0 Å². The maximum atomic E-state index is 13.2. The minimum absolute atomic E-state index is 0.221. The van der Waals surface area contributed by atoms with E-state index < -0.39 is 0 Å². The lowest BCUT2D eigenvalue weighted by Gasteiger charge is -2.07. The van der Waals surface area contributed by atoms with Gasteiger partial charge in [0.1, 0.15) is 23.2 Å². The molecule has 0 atom stereocenters. The number of aromatic amines is 1. The van der Waals surface area contributed by atoms with Gasteiger partial charge in [0, 0.05) is 6.21 Å². The summed E-state index contributed by atoms with van der Waals surface area (Å²) < 4.78 is 7.13. The number of nitrogens with one attached hydrogen (secondary N) is 1. The largest absolute Gasteiger partial charge is 0.492 e. The molecule has 6 heteroatoms. The maximum Gasteiger partial charge on any atom is 0.265 e. The summed E-state index contributed by atoms with van der Waals surface area (Å²) in [4.78, 5) is 20.9. The van der Waals surface area contributed by atoms with E-state index in [0.29, 0.717) is 40.4 Å². The number of imidazole rings is 1. The monoisotopic (exact) mass is 370 g/mol. The number of hydrogen-bond acceptors (Lipinski definition) is 4. The third-order valence-electron chi connectivity index (χ3n) is 4.68. The van der Waals surface area contributed by atoms with Gasteiger partial charge in [-0.3, -0.25) is 14.2 Å². The molecule has 2 aromatic heterocycles. The van der Waals surface area contributed by atoms with E-state index in [1.54, 1.807) is 6.92 Å². The summed E-state index contributed by atoms with van der Waals surface area (Å²) in [6.45, 7) is 4.19. The van der Waals surface area contributed by atoms with E-state index in [1.807, 2.05) is 55.5 Å². The molecule has 0 unspecified atom stereocenters. The molecule has 4 rings (SSSR count). The molecule has 1 N–H and O–H groups in total. The van der Waals surface area contributed by atoms with Gasteiger partial charge in [-0.1, -0.05) is 24.3 Å². The average Bonchev–Trinajstić information content (AvgIpc) is 3.09. The molecular weight excluding hydrogens is 352 g/mol. The number of pyridine rings is 1. The topological polar surface area (TPSA) is 82.7 Å². The van der Waals surface area contributed by atoms with Crippen LogP contribution in [0.15, 0.2) is 58.3 Å². The summed E-state index contributed by atoms with van der Waals surface area (Å²) in [5.41, 5.74) is 3.83. The van der Waals surface area contributed by atoms with Crippen LogP contribution in [0.5, 0.6) is 5.75 Å². The van der Waals surface area contributed by atoms with E-state index in [9.17, 15) is 10.1 Å². The number of nitriles is 1. The molecule has 0 saturated heterocycles. The first-order chi connectivity index (χ1) is 13.7. The van der Waals surface area contributed by atoms with Crippen molar-refractivity contribution in [2.45, 2.75) is 13.8 Å². The van der Waals surface area contributed by atoms with Gasteiger partial charge in [-0.25, -0.2) is 0 Å². The zero-order valence-electron chi connectivity index (χ0n) is 15.6. The van der Waals surface area contributed by atoms with Crippen molar-refractivity contribution in [1.82, 2.24) is 9.38 Å². The van der Waals surface area contributed by atoms with Gasteiger partial charge in [0.2, 0.25) is 0 Å². The fourth-order valence-electron chi connectivity index (χ4n) is 3.32. The summed E-state index contributed by atoms with van der Waals surface area (Å²) in [7, 11) is 0. The summed E-state index contributed by atoms with van der Waals surface area (Å²) in [5.74, 6) is 0.646. The molecule has 0 spiro atoms. The molecule has 0 amide bonds. The van der Waals surface area contributed by atoms with Crippen LogP contribution in [-0.2, 0) is 0 Å². The number of fused-ring (bicyclic) bond motifs is 3. The lowest BCUT2D eigenvalue weighted by molar-refractivity contribution is 0.341. The highest BCUT2D eigenvalue weighted by molar-refractivity contribution is 5.89. The molecule has 0 aliphatic rings. The molecule has 0 fully saturated rings. The van der Waals surface area contributed by atoms with Gasteiger partial charge in [-0.2, -0.15) is 5.26 Å². The lowest BCUT2D eigenvalue weighted by Crippen LogP contribution is -2.20. The molecule has 0 aliphatic heterocycles. The number of rotatable bonds is 4. The molecule has 4 aromatic rings. The molecule has 0 bridgehead atoms. The van der Waals surface area contributed by atoms with Crippen molar-refractivity contribution in [2.75, 3.05) is 6.61 Å². The van der Waals surface area contributed by atoms with Gasteiger partial charge in [0.05, 0.1) is 28.8 Å². The summed E-state index contributed by atoms with van der Waals surface area (Å²) >= 11 is 0. The van der Waals surface area contributed by atoms with Gasteiger partial charge in [-0.15, -0.1) is 0 Å². The number of benzene rings is 2. The van der Waals surface area contributed by atoms with Gasteiger partial charge < -0.3 is 9.72 Å². The van der Waals surface area contributed by atoms with Crippen LogP contribution in [0, 0.1) is 18.3 Å². The highest BCUT2D eigenvalue weighted by atomic mass is 16.5. The van der Waals surface area contributed by atoms with Crippen molar-refractivity contribution in [3.63, 3.8) is 0 Å². The number of aromatic nitrogens is 2. The zero-order chi connectivity index (χ0) is 19.7. The quantitative estimate of drug-likeness (QED) is 0.549. The number of hydrogen-bond donors (Lipinski definition) is 1. The predicted molar refractivity (Wildman–Crippen MR) is 110 cm³/mol. The first-order valence-electron chi connectivity index (χ1n) is 8.97. The second-order valence-corrected chi connectivity index (χ2v) is 6.32. The van der Waals surface area contributed by atoms with Gasteiger partial charge >= 0.3 is 0 Å². The van der Waals surface area contributed by atoms with Crippen LogP contribution in [0.4, 0.5) is 5.69 Å². The van der Waals surface area contributed by atoms with Gasteiger partial charge in [0.15, 0.2) is 0 Å². The van der Waals surface area contributed by atoms with Crippen LogP contribution < -0.4 is 10.3 Å². The van der Waals surface area contributed by atoms with Crippen LogP contribution in [0.25, 0.3) is 16.7 Å². The summed E-state index contributed by atoms with van der Waals surface area (Å²) in [6.07, 6.45) is 1.52. The predicted octanol–water partition coefficient (Wildman–Crippen LogP) is 4.11.